The van der Waals surface area contributed by atoms with Crippen molar-refractivity contribution in [2.45, 2.75) is 31.5 Å². The van der Waals surface area contributed by atoms with Crippen LogP contribution in [0.4, 0.5) is 0 Å². The molecule has 78 valence electrons. The molecule has 2 heteroatoms. The van der Waals surface area contributed by atoms with Gasteiger partial charge >= 0.3 is 0 Å². The molecule has 0 aromatic heterocycles. The first-order valence-electron chi connectivity index (χ1n) is 4.88. The summed E-state index contributed by atoms with van der Waals surface area (Å²) >= 11 is 3.57. The summed E-state index contributed by atoms with van der Waals surface area (Å²) in [4.78, 5) is 0.394. The van der Waals surface area contributed by atoms with Crippen LogP contribution in [0.15, 0.2) is 18.2 Å². The van der Waals surface area contributed by atoms with E-state index in [2.05, 4.69) is 48.8 Å². The minimum Gasteiger partial charge on any atom is -0.496 e. The van der Waals surface area contributed by atoms with Gasteiger partial charge in [0.1, 0.15) is 5.75 Å². The molecule has 0 amide bonds. The summed E-state index contributed by atoms with van der Waals surface area (Å²) in [6.45, 7) is 6.49. The molecule has 0 aliphatic rings. The van der Waals surface area contributed by atoms with Crippen LogP contribution in [-0.4, -0.2) is 7.11 Å². The highest BCUT2D eigenvalue weighted by Gasteiger charge is 2.09. The van der Waals surface area contributed by atoms with Crippen LogP contribution in [-0.2, 0) is 0 Å². The number of benzene rings is 1. The molecule has 1 unspecified atom stereocenters. The number of ether oxygens (including phenoxy) is 1. The Kier molecular flexibility index (Phi) is 3.99. The fourth-order valence-electron chi connectivity index (χ4n) is 1.45. The quantitative estimate of drug-likeness (QED) is 0.734. The minimum atomic E-state index is 0.394. The van der Waals surface area contributed by atoms with Crippen LogP contribution < -0.4 is 4.74 Å². The molecule has 1 atom stereocenters. The van der Waals surface area contributed by atoms with Gasteiger partial charge in [-0.3, -0.25) is 0 Å². The second kappa shape index (κ2) is 4.83. The zero-order valence-electron chi connectivity index (χ0n) is 9.17. The van der Waals surface area contributed by atoms with E-state index in [9.17, 15) is 0 Å². The van der Waals surface area contributed by atoms with Gasteiger partial charge in [0, 0.05) is 4.83 Å². The molecule has 0 N–H and O–H groups in total. The Balaban J connectivity index is 3.14. The van der Waals surface area contributed by atoms with Crippen molar-refractivity contribution < 1.29 is 4.74 Å². The maximum Gasteiger partial charge on any atom is 0.122 e. The van der Waals surface area contributed by atoms with Crippen molar-refractivity contribution in [1.82, 2.24) is 0 Å². The van der Waals surface area contributed by atoms with E-state index < -0.39 is 0 Å². The van der Waals surface area contributed by atoms with Gasteiger partial charge in [0.15, 0.2) is 0 Å². The lowest BCUT2D eigenvalue weighted by Crippen LogP contribution is -1.96. The first-order valence-corrected chi connectivity index (χ1v) is 5.79. The molecule has 0 aliphatic heterocycles. The molecule has 0 spiro atoms. The van der Waals surface area contributed by atoms with Crippen molar-refractivity contribution in [3.63, 3.8) is 0 Å². The van der Waals surface area contributed by atoms with Crippen LogP contribution in [0.1, 0.15) is 42.6 Å². The van der Waals surface area contributed by atoms with Crippen LogP contribution in [0.2, 0.25) is 0 Å². The van der Waals surface area contributed by atoms with E-state index in [1.165, 1.54) is 11.1 Å². The van der Waals surface area contributed by atoms with Gasteiger partial charge < -0.3 is 4.74 Å². The van der Waals surface area contributed by atoms with Crippen molar-refractivity contribution in [1.29, 1.82) is 0 Å². The van der Waals surface area contributed by atoms with Crippen LogP contribution in [0, 0.1) is 0 Å². The largest absolute Gasteiger partial charge is 0.496 e. The molecule has 0 fully saturated rings. The zero-order chi connectivity index (χ0) is 10.7. The normalized spacial score (nSPS) is 13.0. The van der Waals surface area contributed by atoms with Crippen molar-refractivity contribution >= 4 is 15.9 Å². The van der Waals surface area contributed by atoms with Crippen molar-refractivity contribution in [3.8, 4) is 5.75 Å². The molecule has 0 saturated carbocycles. The van der Waals surface area contributed by atoms with Gasteiger partial charge in [-0.15, -0.1) is 0 Å². The Morgan fingerprint density at radius 3 is 2.29 bits per heavy atom. The van der Waals surface area contributed by atoms with Gasteiger partial charge in [0.05, 0.1) is 7.11 Å². The zero-order valence-corrected chi connectivity index (χ0v) is 10.8. The SMILES string of the molecule is COc1ccc(C(C)Br)cc1C(C)C. The Hall–Kier alpha value is -0.500. The smallest absolute Gasteiger partial charge is 0.122 e. The Morgan fingerprint density at radius 1 is 1.21 bits per heavy atom. The summed E-state index contributed by atoms with van der Waals surface area (Å²) in [7, 11) is 1.72. The monoisotopic (exact) mass is 256 g/mol. The van der Waals surface area contributed by atoms with Crippen LogP contribution in [0.3, 0.4) is 0 Å². The van der Waals surface area contributed by atoms with E-state index in [4.69, 9.17) is 4.74 Å². The summed E-state index contributed by atoms with van der Waals surface area (Å²) < 4.78 is 5.33. The van der Waals surface area contributed by atoms with Crippen LogP contribution >= 0.6 is 15.9 Å². The Morgan fingerprint density at radius 2 is 1.86 bits per heavy atom. The second-order valence-electron chi connectivity index (χ2n) is 3.77. The van der Waals surface area contributed by atoms with E-state index in [-0.39, 0.29) is 0 Å². The number of halogens is 1. The Labute approximate surface area is 94.6 Å². The molecule has 1 rings (SSSR count). The molecule has 1 nitrogen and oxygen atoms in total. The number of methoxy groups -OCH3 is 1. The van der Waals surface area contributed by atoms with E-state index in [1.807, 2.05) is 6.07 Å². The highest BCUT2D eigenvalue weighted by Crippen LogP contribution is 2.31. The van der Waals surface area contributed by atoms with Crippen molar-refractivity contribution in [2.24, 2.45) is 0 Å². The third kappa shape index (κ3) is 2.50. The molecule has 0 saturated heterocycles. The fraction of sp³-hybridized carbons (Fsp3) is 0.500. The molecular weight excluding hydrogens is 240 g/mol. The first-order chi connectivity index (χ1) is 6.56. The van der Waals surface area contributed by atoms with Gasteiger partial charge in [-0.05, 0) is 30.0 Å². The summed E-state index contributed by atoms with van der Waals surface area (Å²) in [5, 5.41) is 0. The number of alkyl halides is 1. The minimum absolute atomic E-state index is 0.394. The molecule has 1 aromatic rings. The fourth-order valence-corrected chi connectivity index (χ4v) is 1.74. The predicted octanol–water partition coefficient (Wildman–Crippen LogP) is 4.27. The lowest BCUT2D eigenvalue weighted by Gasteiger charge is -2.14. The lowest BCUT2D eigenvalue weighted by molar-refractivity contribution is 0.407. The van der Waals surface area contributed by atoms with E-state index in [0.717, 1.165) is 5.75 Å². The van der Waals surface area contributed by atoms with Gasteiger partial charge in [0.2, 0.25) is 0 Å². The number of hydrogen-bond acceptors (Lipinski definition) is 1. The molecule has 14 heavy (non-hydrogen) atoms. The molecule has 0 radical (unpaired) electrons. The maximum atomic E-state index is 5.33. The molecule has 0 heterocycles. The summed E-state index contributed by atoms with van der Waals surface area (Å²) in [6, 6.07) is 6.36. The molecule has 1 aromatic carbocycles. The maximum absolute atomic E-state index is 5.33. The van der Waals surface area contributed by atoms with Gasteiger partial charge in [-0.25, -0.2) is 0 Å². The van der Waals surface area contributed by atoms with E-state index in [0.29, 0.717) is 10.7 Å². The van der Waals surface area contributed by atoms with E-state index >= 15 is 0 Å². The number of rotatable bonds is 3. The molecular formula is C12H17BrO. The standard InChI is InChI=1S/C12H17BrO/c1-8(2)11-7-10(9(3)13)5-6-12(11)14-4/h5-9H,1-4H3. The highest BCUT2D eigenvalue weighted by atomic mass is 79.9. The summed E-state index contributed by atoms with van der Waals surface area (Å²) in [5.74, 6) is 1.48. The molecule has 0 aliphatic carbocycles. The van der Waals surface area contributed by atoms with Crippen molar-refractivity contribution in [2.75, 3.05) is 7.11 Å². The second-order valence-corrected chi connectivity index (χ2v) is 5.15. The van der Waals surface area contributed by atoms with Gasteiger partial charge in [0.25, 0.3) is 0 Å². The van der Waals surface area contributed by atoms with Gasteiger partial charge in [-0.2, -0.15) is 0 Å². The summed E-state index contributed by atoms with van der Waals surface area (Å²) in [6.07, 6.45) is 0. The average Bonchev–Trinajstić information content (AvgIpc) is 2.16. The van der Waals surface area contributed by atoms with Crippen molar-refractivity contribution in [3.05, 3.63) is 29.3 Å². The third-order valence-corrected chi connectivity index (χ3v) is 2.86. The van der Waals surface area contributed by atoms with Crippen LogP contribution in [0.25, 0.3) is 0 Å². The molecule has 0 bridgehead atoms. The van der Waals surface area contributed by atoms with Crippen LogP contribution in [0.5, 0.6) is 5.75 Å². The number of hydrogen-bond donors (Lipinski definition) is 0. The lowest BCUT2D eigenvalue weighted by atomic mass is 9.99. The third-order valence-electron chi connectivity index (χ3n) is 2.34. The first kappa shape index (κ1) is 11.6. The van der Waals surface area contributed by atoms with Gasteiger partial charge in [-0.1, -0.05) is 41.9 Å². The predicted molar refractivity (Wildman–Crippen MR) is 64.4 cm³/mol. The van der Waals surface area contributed by atoms with E-state index in [1.54, 1.807) is 7.11 Å². The summed E-state index contributed by atoms with van der Waals surface area (Å²) in [5.41, 5.74) is 2.57. The highest BCUT2D eigenvalue weighted by molar-refractivity contribution is 9.09. The topological polar surface area (TPSA) is 9.23 Å². The average molecular weight is 257 g/mol. The Bertz CT molecular complexity index is 305.